The lowest BCUT2D eigenvalue weighted by atomic mass is 10.1. The number of hydrogen-bond acceptors (Lipinski definition) is 3. The van der Waals surface area contributed by atoms with Crippen LogP contribution in [0.5, 0.6) is 0 Å². The van der Waals surface area contributed by atoms with Gasteiger partial charge < -0.3 is 15.1 Å². The molecule has 3 heteroatoms. The molecule has 0 fully saturated rings. The maximum atomic E-state index is 5.92. The summed E-state index contributed by atoms with van der Waals surface area (Å²) < 4.78 is 5.92. The molecule has 0 aliphatic rings. The summed E-state index contributed by atoms with van der Waals surface area (Å²) in [5.41, 5.74) is 7.88. The molecule has 0 saturated heterocycles. The van der Waals surface area contributed by atoms with Crippen molar-refractivity contribution in [2.75, 3.05) is 25.5 Å². The highest BCUT2D eigenvalue weighted by atomic mass is 16.3. The SMILES string of the molecule is CC(CCN)c1ccc(-c2ccc(N(C)C)cc2)o1. The molecule has 0 aliphatic heterocycles. The number of benzene rings is 1. The Morgan fingerprint density at radius 3 is 2.37 bits per heavy atom. The molecule has 0 aliphatic carbocycles. The molecule has 19 heavy (non-hydrogen) atoms. The van der Waals surface area contributed by atoms with Gasteiger partial charge in [0.15, 0.2) is 0 Å². The Morgan fingerprint density at radius 1 is 1.11 bits per heavy atom. The van der Waals surface area contributed by atoms with Crippen molar-refractivity contribution in [3.05, 3.63) is 42.2 Å². The summed E-state index contributed by atoms with van der Waals surface area (Å²) >= 11 is 0. The summed E-state index contributed by atoms with van der Waals surface area (Å²) in [5.74, 6) is 2.31. The van der Waals surface area contributed by atoms with Crippen molar-refractivity contribution in [1.29, 1.82) is 0 Å². The first-order valence-corrected chi connectivity index (χ1v) is 6.69. The monoisotopic (exact) mass is 258 g/mol. The van der Waals surface area contributed by atoms with E-state index in [1.54, 1.807) is 0 Å². The van der Waals surface area contributed by atoms with Crippen molar-refractivity contribution >= 4 is 5.69 Å². The van der Waals surface area contributed by atoms with Crippen LogP contribution in [0.3, 0.4) is 0 Å². The summed E-state index contributed by atoms with van der Waals surface area (Å²) in [6.07, 6.45) is 0.951. The first-order valence-electron chi connectivity index (χ1n) is 6.69. The predicted molar refractivity (Wildman–Crippen MR) is 80.6 cm³/mol. The van der Waals surface area contributed by atoms with Crippen molar-refractivity contribution in [2.45, 2.75) is 19.3 Å². The lowest BCUT2D eigenvalue weighted by molar-refractivity contribution is 0.474. The van der Waals surface area contributed by atoms with Gasteiger partial charge >= 0.3 is 0 Å². The maximum Gasteiger partial charge on any atom is 0.134 e. The van der Waals surface area contributed by atoms with Crippen molar-refractivity contribution in [2.24, 2.45) is 5.73 Å². The van der Waals surface area contributed by atoms with E-state index in [0.29, 0.717) is 12.5 Å². The third kappa shape index (κ3) is 3.18. The molecule has 102 valence electrons. The van der Waals surface area contributed by atoms with Crippen LogP contribution in [0.4, 0.5) is 5.69 Å². The highest BCUT2D eigenvalue weighted by Gasteiger charge is 2.11. The minimum Gasteiger partial charge on any atom is -0.461 e. The fourth-order valence-corrected chi connectivity index (χ4v) is 2.09. The largest absolute Gasteiger partial charge is 0.461 e. The molecule has 1 heterocycles. The van der Waals surface area contributed by atoms with E-state index in [4.69, 9.17) is 10.2 Å². The summed E-state index contributed by atoms with van der Waals surface area (Å²) in [6.45, 7) is 2.83. The second kappa shape index (κ2) is 5.93. The van der Waals surface area contributed by atoms with Crippen LogP contribution in [-0.2, 0) is 0 Å². The molecule has 0 spiro atoms. The van der Waals surface area contributed by atoms with E-state index >= 15 is 0 Å². The van der Waals surface area contributed by atoms with Gasteiger partial charge in [-0.05, 0) is 49.4 Å². The van der Waals surface area contributed by atoms with Crippen LogP contribution in [-0.4, -0.2) is 20.6 Å². The van der Waals surface area contributed by atoms with Crippen molar-refractivity contribution < 1.29 is 4.42 Å². The highest BCUT2D eigenvalue weighted by Crippen LogP contribution is 2.28. The lowest BCUT2D eigenvalue weighted by Crippen LogP contribution is -2.07. The van der Waals surface area contributed by atoms with E-state index in [-0.39, 0.29) is 0 Å². The van der Waals surface area contributed by atoms with E-state index in [2.05, 4.69) is 42.2 Å². The van der Waals surface area contributed by atoms with Gasteiger partial charge in [0, 0.05) is 31.3 Å². The van der Waals surface area contributed by atoms with Crippen LogP contribution in [0.2, 0.25) is 0 Å². The Labute approximate surface area is 115 Å². The Morgan fingerprint density at radius 2 is 1.79 bits per heavy atom. The number of nitrogens with two attached hydrogens (primary N) is 1. The Hall–Kier alpha value is -1.74. The Kier molecular flexibility index (Phi) is 4.27. The van der Waals surface area contributed by atoms with Crippen LogP contribution >= 0.6 is 0 Å². The van der Waals surface area contributed by atoms with Gasteiger partial charge in [-0.2, -0.15) is 0 Å². The summed E-state index contributed by atoms with van der Waals surface area (Å²) in [5, 5.41) is 0. The van der Waals surface area contributed by atoms with Gasteiger partial charge in [0.25, 0.3) is 0 Å². The second-order valence-corrected chi connectivity index (χ2v) is 5.12. The molecule has 0 radical (unpaired) electrons. The van der Waals surface area contributed by atoms with Crippen LogP contribution in [0.25, 0.3) is 11.3 Å². The molecule has 2 rings (SSSR count). The van der Waals surface area contributed by atoms with Crippen LogP contribution in [0.15, 0.2) is 40.8 Å². The zero-order valence-electron chi connectivity index (χ0n) is 11.9. The number of furan rings is 1. The fourth-order valence-electron chi connectivity index (χ4n) is 2.09. The zero-order chi connectivity index (χ0) is 13.8. The van der Waals surface area contributed by atoms with Crippen LogP contribution < -0.4 is 10.6 Å². The van der Waals surface area contributed by atoms with Crippen LogP contribution in [0.1, 0.15) is 25.0 Å². The van der Waals surface area contributed by atoms with E-state index in [1.807, 2.05) is 20.2 Å². The second-order valence-electron chi connectivity index (χ2n) is 5.12. The summed E-state index contributed by atoms with van der Waals surface area (Å²) in [4.78, 5) is 2.08. The number of rotatable bonds is 5. The van der Waals surface area contributed by atoms with Crippen molar-refractivity contribution in [3.8, 4) is 11.3 Å². The third-order valence-electron chi connectivity index (χ3n) is 3.38. The number of nitrogens with zero attached hydrogens (tertiary/aromatic N) is 1. The van der Waals surface area contributed by atoms with Gasteiger partial charge in [0.05, 0.1) is 0 Å². The van der Waals surface area contributed by atoms with E-state index in [0.717, 1.165) is 23.5 Å². The van der Waals surface area contributed by atoms with Gasteiger partial charge in [-0.1, -0.05) is 6.92 Å². The molecule has 1 atom stereocenters. The molecule has 0 saturated carbocycles. The maximum absolute atomic E-state index is 5.92. The Balaban J connectivity index is 2.18. The lowest BCUT2D eigenvalue weighted by Gasteiger charge is -2.12. The molecule has 0 bridgehead atoms. The molecule has 2 aromatic rings. The molecule has 1 unspecified atom stereocenters. The summed E-state index contributed by atoms with van der Waals surface area (Å²) in [6, 6.07) is 12.5. The highest BCUT2D eigenvalue weighted by molar-refractivity contribution is 5.62. The summed E-state index contributed by atoms with van der Waals surface area (Å²) in [7, 11) is 4.07. The van der Waals surface area contributed by atoms with Gasteiger partial charge in [-0.15, -0.1) is 0 Å². The normalized spacial score (nSPS) is 12.4. The van der Waals surface area contributed by atoms with Crippen molar-refractivity contribution in [3.63, 3.8) is 0 Å². The van der Waals surface area contributed by atoms with Gasteiger partial charge in [0.2, 0.25) is 0 Å². The number of hydrogen-bond donors (Lipinski definition) is 1. The first-order chi connectivity index (χ1) is 9.11. The molecular weight excluding hydrogens is 236 g/mol. The molecular formula is C16H22N2O. The smallest absolute Gasteiger partial charge is 0.134 e. The average Bonchev–Trinajstić information content (AvgIpc) is 2.89. The van der Waals surface area contributed by atoms with E-state index < -0.39 is 0 Å². The minimum atomic E-state index is 0.375. The van der Waals surface area contributed by atoms with Gasteiger partial charge in [-0.3, -0.25) is 0 Å². The third-order valence-corrected chi connectivity index (χ3v) is 3.38. The van der Waals surface area contributed by atoms with E-state index in [9.17, 15) is 0 Å². The van der Waals surface area contributed by atoms with Crippen LogP contribution in [0, 0.1) is 0 Å². The quantitative estimate of drug-likeness (QED) is 0.893. The molecule has 1 aromatic carbocycles. The minimum absolute atomic E-state index is 0.375. The van der Waals surface area contributed by atoms with Crippen molar-refractivity contribution in [1.82, 2.24) is 0 Å². The standard InChI is InChI=1S/C16H22N2O/c1-12(10-11-17)15-8-9-16(19-15)13-4-6-14(7-5-13)18(2)3/h4-9,12H,10-11,17H2,1-3H3. The topological polar surface area (TPSA) is 42.4 Å². The first kappa shape index (κ1) is 13.7. The Bertz CT molecular complexity index is 514. The molecule has 2 N–H and O–H groups in total. The predicted octanol–water partition coefficient (Wildman–Crippen LogP) is 3.46. The van der Waals surface area contributed by atoms with E-state index in [1.165, 1.54) is 5.69 Å². The molecule has 1 aromatic heterocycles. The zero-order valence-corrected chi connectivity index (χ0v) is 11.9. The number of anilines is 1. The molecule has 3 nitrogen and oxygen atoms in total. The fraction of sp³-hybridized carbons (Fsp3) is 0.375. The van der Waals surface area contributed by atoms with Gasteiger partial charge in [-0.25, -0.2) is 0 Å². The average molecular weight is 258 g/mol. The van der Waals surface area contributed by atoms with Gasteiger partial charge in [0.1, 0.15) is 11.5 Å². The molecule has 0 amide bonds.